The molecule has 9 heteroatoms. The second-order valence-electron chi connectivity index (χ2n) is 8.54. The van der Waals surface area contributed by atoms with Gasteiger partial charge in [0.2, 0.25) is 12.7 Å². The third-order valence-corrected chi connectivity index (χ3v) is 6.86. The molecule has 9 nitrogen and oxygen atoms in total. The molecule has 1 saturated heterocycles. The Morgan fingerprint density at radius 2 is 1.93 bits per heavy atom. The van der Waals surface area contributed by atoms with Crippen molar-refractivity contribution in [3.05, 3.63) is 18.2 Å². The molecule has 2 heterocycles. The number of hydrogen-bond donors (Lipinski definition) is 1. The van der Waals surface area contributed by atoms with E-state index in [9.17, 15) is 19.2 Å². The molecule has 2 aliphatic heterocycles. The third-order valence-electron chi connectivity index (χ3n) is 6.86. The monoisotopic (exact) mass is 413 g/mol. The minimum atomic E-state index is -0.948. The number of carbonyl (C=O) groups excluding carboxylic acids is 4. The van der Waals surface area contributed by atoms with E-state index in [1.165, 1.54) is 6.42 Å². The van der Waals surface area contributed by atoms with E-state index in [0.717, 1.165) is 29.1 Å². The van der Waals surface area contributed by atoms with Crippen LogP contribution in [0.25, 0.3) is 0 Å². The molecule has 5 rings (SSSR count). The van der Waals surface area contributed by atoms with Crippen LogP contribution >= 0.6 is 0 Å². The highest BCUT2D eigenvalue weighted by atomic mass is 16.7. The predicted molar refractivity (Wildman–Crippen MR) is 104 cm³/mol. The van der Waals surface area contributed by atoms with Gasteiger partial charge >= 0.3 is 17.8 Å². The van der Waals surface area contributed by atoms with Crippen molar-refractivity contribution in [2.24, 2.45) is 17.8 Å². The van der Waals surface area contributed by atoms with Crippen molar-refractivity contribution < 1.29 is 28.7 Å². The standard InChI is InChI=1S/C21H23N3O6/c1-11(15-7-12-2-3-13(15)6-12)24-20(27)19(26)23(21(24)28)9-18(25)22-14-4-5-16-17(8-14)30-10-29-16/h4-5,8,11-13,15H,2-3,6-7,9-10H2,1H3,(H,22,25)/t11-,12+,13+,15-/m1/s1. The number of fused-ring (bicyclic) bond motifs is 3. The van der Waals surface area contributed by atoms with E-state index >= 15 is 0 Å². The lowest BCUT2D eigenvalue weighted by molar-refractivity contribution is -0.144. The molecule has 2 bridgehead atoms. The number of hydrogen-bond acceptors (Lipinski definition) is 6. The number of rotatable bonds is 5. The van der Waals surface area contributed by atoms with Crippen LogP contribution < -0.4 is 14.8 Å². The zero-order valence-corrected chi connectivity index (χ0v) is 16.6. The highest BCUT2D eigenvalue weighted by Gasteiger charge is 2.52. The van der Waals surface area contributed by atoms with Crippen molar-refractivity contribution >= 4 is 29.4 Å². The molecule has 1 aromatic carbocycles. The molecule has 2 aliphatic carbocycles. The summed E-state index contributed by atoms with van der Waals surface area (Å²) in [4.78, 5) is 52.1. The van der Waals surface area contributed by atoms with Crippen molar-refractivity contribution in [3.63, 3.8) is 0 Å². The van der Waals surface area contributed by atoms with Gasteiger partial charge < -0.3 is 14.8 Å². The summed E-state index contributed by atoms with van der Waals surface area (Å²) in [6.07, 6.45) is 4.45. The average Bonchev–Trinajstić information content (AvgIpc) is 3.49. The van der Waals surface area contributed by atoms with Gasteiger partial charge in [-0.05, 0) is 56.1 Å². The summed E-state index contributed by atoms with van der Waals surface area (Å²) in [6, 6.07) is 3.84. The summed E-state index contributed by atoms with van der Waals surface area (Å²) < 4.78 is 10.5. The number of nitrogens with one attached hydrogen (secondary N) is 1. The van der Waals surface area contributed by atoms with Crippen LogP contribution in [-0.4, -0.2) is 52.9 Å². The van der Waals surface area contributed by atoms with E-state index in [1.807, 2.05) is 6.92 Å². The first-order valence-corrected chi connectivity index (χ1v) is 10.3. The molecule has 1 aromatic rings. The summed E-state index contributed by atoms with van der Waals surface area (Å²) in [5.41, 5.74) is 0.446. The number of amides is 5. The van der Waals surface area contributed by atoms with Crippen LogP contribution in [0.4, 0.5) is 10.5 Å². The SMILES string of the molecule is C[C@H]([C@H]1C[C@H]2CC[C@H]1C2)N1C(=O)C(=O)N(CC(=O)Nc2ccc3c(c2)OCO3)C1=O. The van der Waals surface area contributed by atoms with E-state index < -0.39 is 30.3 Å². The predicted octanol–water partition coefficient (Wildman–Crippen LogP) is 1.97. The van der Waals surface area contributed by atoms with Crippen molar-refractivity contribution in [2.45, 2.75) is 38.6 Å². The summed E-state index contributed by atoms with van der Waals surface area (Å²) in [5, 5.41) is 2.63. The number of carbonyl (C=O) groups is 4. The van der Waals surface area contributed by atoms with Crippen LogP contribution in [-0.2, 0) is 14.4 Å². The number of benzene rings is 1. The minimum absolute atomic E-state index is 0.113. The molecule has 2 saturated carbocycles. The fourth-order valence-corrected chi connectivity index (χ4v) is 5.42. The Morgan fingerprint density at radius 1 is 1.13 bits per heavy atom. The first-order chi connectivity index (χ1) is 14.4. The van der Waals surface area contributed by atoms with Gasteiger partial charge in [0.05, 0.1) is 0 Å². The van der Waals surface area contributed by atoms with Gasteiger partial charge in [0.15, 0.2) is 11.5 Å². The van der Waals surface area contributed by atoms with Gasteiger partial charge in [0.25, 0.3) is 0 Å². The number of ether oxygens (including phenoxy) is 2. The van der Waals surface area contributed by atoms with Crippen molar-refractivity contribution in [1.82, 2.24) is 9.80 Å². The first-order valence-electron chi connectivity index (χ1n) is 10.3. The van der Waals surface area contributed by atoms with Gasteiger partial charge in [-0.1, -0.05) is 6.42 Å². The zero-order chi connectivity index (χ0) is 21.0. The molecule has 1 N–H and O–H groups in total. The fraction of sp³-hybridized carbons (Fsp3) is 0.524. The molecular formula is C21H23N3O6. The van der Waals surface area contributed by atoms with Crippen LogP contribution in [0.1, 0.15) is 32.6 Å². The second kappa shape index (κ2) is 7.00. The van der Waals surface area contributed by atoms with Crippen LogP contribution in [0, 0.1) is 17.8 Å². The van der Waals surface area contributed by atoms with Crippen molar-refractivity contribution in [1.29, 1.82) is 0 Å². The van der Waals surface area contributed by atoms with Crippen LogP contribution in [0.2, 0.25) is 0 Å². The molecule has 5 amide bonds. The van der Waals surface area contributed by atoms with Gasteiger partial charge in [0, 0.05) is 17.8 Å². The lowest BCUT2D eigenvalue weighted by atomic mass is 9.83. The second-order valence-corrected chi connectivity index (χ2v) is 8.54. The van der Waals surface area contributed by atoms with Crippen LogP contribution in [0.3, 0.4) is 0 Å². The Balaban J connectivity index is 1.25. The molecule has 30 heavy (non-hydrogen) atoms. The van der Waals surface area contributed by atoms with Crippen LogP contribution in [0.15, 0.2) is 18.2 Å². The molecule has 0 unspecified atom stereocenters. The highest BCUT2D eigenvalue weighted by molar-refractivity contribution is 6.45. The maximum atomic E-state index is 12.9. The van der Waals surface area contributed by atoms with Gasteiger partial charge in [-0.3, -0.25) is 19.3 Å². The van der Waals surface area contributed by atoms with Gasteiger partial charge in [-0.2, -0.15) is 0 Å². The Morgan fingerprint density at radius 3 is 2.67 bits per heavy atom. The van der Waals surface area contributed by atoms with Crippen molar-refractivity contribution in [2.75, 3.05) is 18.7 Å². The average molecular weight is 413 g/mol. The molecule has 4 atom stereocenters. The Hall–Kier alpha value is -3.10. The lowest BCUT2D eigenvalue weighted by Gasteiger charge is -2.32. The zero-order valence-electron chi connectivity index (χ0n) is 16.6. The van der Waals surface area contributed by atoms with Crippen molar-refractivity contribution in [3.8, 4) is 11.5 Å². The molecular weight excluding hydrogens is 390 g/mol. The molecule has 4 aliphatic rings. The van der Waals surface area contributed by atoms with E-state index in [1.54, 1.807) is 18.2 Å². The normalized spacial score (nSPS) is 27.9. The summed E-state index contributed by atoms with van der Waals surface area (Å²) in [5.74, 6) is 0.112. The fourth-order valence-electron chi connectivity index (χ4n) is 5.42. The molecule has 0 radical (unpaired) electrons. The lowest BCUT2D eigenvalue weighted by Crippen LogP contribution is -2.45. The minimum Gasteiger partial charge on any atom is -0.454 e. The van der Waals surface area contributed by atoms with Gasteiger partial charge in [0.1, 0.15) is 6.54 Å². The number of anilines is 1. The Labute approximate surface area is 173 Å². The Kier molecular flexibility index (Phi) is 4.41. The van der Waals surface area contributed by atoms with Gasteiger partial charge in [-0.25, -0.2) is 9.69 Å². The summed E-state index contributed by atoms with van der Waals surface area (Å²) in [6.45, 7) is 1.44. The van der Waals surface area contributed by atoms with E-state index in [-0.39, 0.29) is 18.8 Å². The summed E-state index contributed by atoms with van der Waals surface area (Å²) in [7, 11) is 0. The third kappa shape index (κ3) is 3.00. The quantitative estimate of drug-likeness (QED) is 0.585. The number of urea groups is 1. The van der Waals surface area contributed by atoms with E-state index in [0.29, 0.717) is 29.0 Å². The Bertz CT molecular complexity index is 947. The van der Waals surface area contributed by atoms with E-state index in [4.69, 9.17) is 9.47 Å². The first kappa shape index (κ1) is 18.9. The van der Waals surface area contributed by atoms with Gasteiger partial charge in [-0.15, -0.1) is 0 Å². The molecule has 0 aromatic heterocycles. The van der Waals surface area contributed by atoms with Crippen LogP contribution in [0.5, 0.6) is 11.5 Å². The topological polar surface area (TPSA) is 105 Å². The van der Waals surface area contributed by atoms with E-state index in [2.05, 4.69) is 5.32 Å². The largest absolute Gasteiger partial charge is 0.454 e. The molecule has 3 fully saturated rings. The maximum absolute atomic E-state index is 12.9. The maximum Gasteiger partial charge on any atom is 0.334 e. The molecule has 158 valence electrons. The number of nitrogens with zero attached hydrogens (tertiary/aromatic N) is 2. The highest BCUT2D eigenvalue weighted by Crippen LogP contribution is 2.50. The summed E-state index contributed by atoms with van der Waals surface area (Å²) >= 11 is 0. The number of imide groups is 2. The molecule has 0 spiro atoms. The smallest absolute Gasteiger partial charge is 0.334 e.